The second-order valence-electron chi connectivity index (χ2n) is 4.73. The molecule has 5 heteroatoms. The van der Waals surface area contributed by atoms with Crippen molar-refractivity contribution >= 4 is 5.69 Å². The Kier molecular flexibility index (Phi) is 4.28. The number of nitro groups is 1. The average molecular weight is 250 g/mol. The molecule has 1 aromatic rings. The van der Waals surface area contributed by atoms with E-state index in [0.29, 0.717) is 19.1 Å². The van der Waals surface area contributed by atoms with Crippen LogP contribution in [-0.4, -0.2) is 30.2 Å². The zero-order valence-corrected chi connectivity index (χ0v) is 10.5. The lowest BCUT2D eigenvalue weighted by atomic mass is 10.0. The number of para-hydroxylation sites is 1. The fourth-order valence-electron chi connectivity index (χ4n) is 2.28. The fraction of sp³-hybridized carbons (Fsp3) is 0.538. The number of morpholine rings is 1. The minimum absolute atomic E-state index is 0.210. The highest BCUT2D eigenvalue weighted by Gasteiger charge is 2.19. The van der Waals surface area contributed by atoms with Gasteiger partial charge in [-0.1, -0.05) is 18.2 Å². The first-order chi connectivity index (χ1) is 8.66. The van der Waals surface area contributed by atoms with Crippen molar-refractivity contribution in [2.24, 2.45) is 0 Å². The first kappa shape index (κ1) is 13.0. The summed E-state index contributed by atoms with van der Waals surface area (Å²) in [6.45, 7) is 3.50. The summed E-state index contributed by atoms with van der Waals surface area (Å²) in [7, 11) is 0. The van der Waals surface area contributed by atoms with Crippen LogP contribution in [0, 0.1) is 10.1 Å². The third kappa shape index (κ3) is 3.27. The summed E-state index contributed by atoms with van der Waals surface area (Å²) >= 11 is 0. The Labute approximate surface area is 106 Å². The zero-order chi connectivity index (χ0) is 13.0. The van der Waals surface area contributed by atoms with E-state index in [2.05, 4.69) is 12.2 Å². The van der Waals surface area contributed by atoms with Gasteiger partial charge in [0.25, 0.3) is 5.69 Å². The topological polar surface area (TPSA) is 64.4 Å². The number of rotatable bonds is 4. The molecule has 1 aliphatic heterocycles. The Morgan fingerprint density at radius 2 is 2.22 bits per heavy atom. The molecule has 0 aliphatic carbocycles. The Morgan fingerprint density at radius 3 is 2.94 bits per heavy atom. The Bertz CT molecular complexity index is 422. The molecule has 1 N–H and O–H groups in total. The van der Waals surface area contributed by atoms with Gasteiger partial charge in [-0.25, -0.2) is 0 Å². The quantitative estimate of drug-likeness (QED) is 0.655. The van der Waals surface area contributed by atoms with Crippen molar-refractivity contribution in [3.63, 3.8) is 0 Å². The van der Waals surface area contributed by atoms with Crippen molar-refractivity contribution in [1.82, 2.24) is 5.32 Å². The van der Waals surface area contributed by atoms with E-state index < -0.39 is 0 Å². The van der Waals surface area contributed by atoms with Gasteiger partial charge in [-0.2, -0.15) is 0 Å². The molecule has 0 spiro atoms. The summed E-state index contributed by atoms with van der Waals surface area (Å²) in [4.78, 5) is 10.6. The summed E-state index contributed by atoms with van der Waals surface area (Å²) in [6, 6.07) is 7.57. The second-order valence-corrected chi connectivity index (χ2v) is 4.73. The van der Waals surface area contributed by atoms with Crippen molar-refractivity contribution in [2.45, 2.75) is 31.8 Å². The van der Waals surface area contributed by atoms with Gasteiger partial charge in [0.05, 0.1) is 18.1 Å². The van der Waals surface area contributed by atoms with E-state index in [4.69, 9.17) is 4.74 Å². The van der Waals surface area contributed by atoms with Gasteiger partial charge in [-0.15, -0.1) is 0 Å². The molecule has 0 saturated carbocycles. The van der Waals surface area contributed by atoms with Gasteiger partial charge in [-0.3, -0.25) is 10.1 Å². The van der Waals surface area contributed by atoms with Crippen LogP contribution in [0.4, 0.5) is 5.69 Å². The Morgan fingerprint density at radius 1 is 1.44 bits per heavy atom. The number of nitrogens with one attached hydrogen (secondary N) is 1. The minimum atomic E-state index is -0.317. The van der Waals surface area contributed by atoms with E-state index in [1.807, 2.05) is 12.1 Å². The first-order valence-corrected chi connectivity index (χ1v) is 6.23. The summed E-state index contributed by atoms with van der Waals surface area (Å²) in [5.41, 5.74) is 1.00. The number of hydrogen-bond donors (Lipinski definition) is 1. The van der Waals surface area contributed by atoms with E-state index in [0.717, 1.165) is 18.6 Å². The molecular weight excluding hydrogens is 232 g/mol. The maximum Gasteiger partial charge on any atom is 0.272 e. The smallest absolute Gasteiger partial charge is 0.272 e. The minimum Gasteiger partial charge on any atom is -0.378 e. The van der Waals surface area contributed by atoms with E-state index in [9.17, 15) is 10.1 Å². The molecule has 18 heavy (non-hydrogen) atoms. The maximum atomic E-state index is 10.9. The molecule has 1 aromatic carbocycles. The van der Waals surface area contributed by atoms with E-state index in [1.165, 1.54) is 0 Å². The molecule has 0 aromatic heterocycles. The lowest BCUT2D eigenvalue weighted by Crippen LogP contribution is -2.47. The van der Waals surface area contributed by atoms with Gasteiger partial charge in [-0.05, 0) is 19.8 Å². The summed E-state index contributed by atoms with van der Waals surface area (Å²) in [6.07, 6.45) is 1.56. The summed E-state index contributed by atoms with van der Waals surface area (Å²) < 4.78 is 5.46. The molecule has 1 heterocycles. The highest BCUT2D eigenvalue weighted by atomic mass is 16.6. The van der Waals surface area contributed by atoms with E-state index >= 15 is 0 Å². The van der Waals surface area contributed by atoms with Crippen molar-refractivity contribution < 1.29 is 9.66 Å². The Balaban J connectivity index is 1.95. The van der Waals surface area contributed by atoms with E-state index in [1.54, 1.807) is 12.1 Å². The summed E-state index contributed by atoms with van der Waals surface area (Å²) in [5, 5.41) is 14.3. The number of aryl methyl sites for hydroxylation is 1. The molecule has 0 amide bonds. The highest BCUT2D eigenvalue weighted by molar-refractivity contribution is 5.39. The van der Waals surface area contributed by atoms with Crippen molar-refractivity contribution in [3.8, 4) is 0 Å². The fourth-order valence-corrected chi connectivity index (χ4v) is 2.28. The van der Waals surface area contributed by atoms with E-state index in [-0.39, 0.29) is 16.7 Å². The van der Waals surface area contributed by atoms with Crippen molar-refractivity contribution in [3.05, 3.63) is 39.9 Å². The van der Waals surface area contributed by atoms with Gasteiger partial charge >= 0.3 is 0 Å². The number of benzene rings is 1. The normalized spacial score (nSPS) is 23.8. The monoisotopic (exact) mass is 250 g/mol. The molecular formula is C13H18N2O3. The van der Waals surface area contributed by atoms with Crippen molar-refractivity contribution in [1.29, 1.82) is 0 Å². The third-order valence-electron chi connectivity index (χ3n) is 3.16. The van der Waals surface area contributed by atoms with Crippen LogP contribution in [0.15, 0.2) is 24.3 Å². The largest absolute Gasteiger partial charge is 0.378 e. The van der Waals surface area contributed by atoms with Crippen molar-refractivity contribution in [2.75, 3.05) is 13.2 Å². The molecule has 1 fully saturated rings. The van der Waals surface area contributed by atoms with Crippen LogP contribution in [-0.2, 0) is 11.2 Å². The molecule has 0 bridgehead atoms. The summed E-state index contributed by atoms with van der Waals surface area (Å²) in [5.74, 6) is 0. The molecule has 1 saturated heterocycles. The molecule has 1 aliphatic rings. The maximum absolute atomic E-state index is 10.9. The molecule has 0 radical (unpaired) electrons. The third-order valence-corrected chi connectivity index (χ3v) is 3.16. The molecule has 98 valence electrons. The number of nitro benzene ring substituents is 1. The van der Waals surface area contributed by atoms with Crippen LogP contribution < -0.4 is 5.32 Å². The van der Waals surface area contributed by atoms with Crippen LogP contribution >= 0.6 is 0 Å². The predicted molar refractivity (Wildman–Crippen MR) is 68.6 cm³/mol. The van der Waals surface area contributed by atoms with Crippen LogP contribution in [0.25, 0.3) is 0 Å². The first-order valence-electron chi connectivity index (χ1n) is 6.23. The molecule has 2 rings (SSSR count). The van der Waals surface area contributed by atoms with Gasteiger partial charge in [0.15, 0.2) is 0 Å². The predicted octanol–water partition coefficient (Wildman–Crippen LogP) is 1.90. The van der Waals surface area contributed by atoms with Crippen LogP contribution in [0.2, 0.25) is 0 Å². The van der Waals surface area contributed by atoms with Crippen LogP contribution in [0.1, 0.15) is 18.9 Å². The SMILES string of the molecule is CC1COCC(CCc2ccccc2[N+](=O)[O-])N1. The molecule has 5 nitrogen and oxygen atoms in total. The van der Waals surface area contributed by atoms with Gasteiger partial charge in [0, 0.05) is 23.7 Å². The lowest BCUT2D eigenvalue weighted by molar-refractivity contribution is -0.385. The van der Waals surface area contributed by atoms with Gasteiger partial charge in [0.1, 0.15) is 0 Å². The van der Waals surface area contributed by atoms with Crippen LogP contribution in [0.3, 0.4) is 0 Å². The number of ether oxygens (including phenoxy) is 1. The average Bonchev–Trinajstić information content (AvgIpc) is 2.37. The molecule has 2 unspecified atom stereocenters. The second kappa shape index (κ2) is 5.93. The number of nitrogens with zero attached hydrogens (tertiary/aromatic N) is 1. The number of hydrogen-bond acceptors (Lipinski definition) is 4. The zero-order valence-electron chi connectivity index (χ0n) is 10.5. The standard InChI is InChI=1S/C13H18N2O3/c1-10-8-18-9-12(14-10)7-6-11-4-2-3-5-13(11)15(16)17/h2-5,10,12,14H,6-9H2,1H3. The highest BCUT2D eigenvalue weighted by Crippen LogP contribution is 2.20. The van der Waals surface area contributed by atoms with Crippen LogP contribution in [0.5, 0.6) is 0 Å². The van der Waals surface area contributed by atoms with Gasteiger partial charge < -0.3 is 10.1 Å². The Hall–Kier alpha value is -1.46. The molecule has 2 atom stereocenters. The van der Waals surface area contributed by atoms with Gasteiger partial charge in [0.2, 0.25) is 0 Å². The lowest BCUT2D eigenvalue weighted by Gasteiger charge is -2.28.